The maximum atomic E-state index is 5.78. The molecule has 0 radical (unpaired) electrons. The summed E-state index contributed by atoms with van der Waals surface area (Å²) in [6.07, 6.45) is 15.8. The zero-order valence-corrected chi connectivity index (χ0v) is 18.7. The van der Waals surface area contributed by atoms with E-state index < -0.39 is 6.41 Å². The Morgan fingerprint density at radius 3 is 2.87 bits per heavy atom. The third-order valence-electron chi connectivity index (χ3n) is 8.87. The van der Waals surface area contributed by atoms with Gasteiger partial charge in [0.05, 0.1) is 31.8 Å². The van der Waals surface area contributed by atoms with Gasteiger partial charge in [-0.2, -0.15) is 0 Å². The largest absolute Gasteiger partial charge is 0.501 e. The van der Waals surface area contributed by atoms with E-state index in [2.05, 4.69) is 38.7 Å². The average Bonchev–Trinajstić information content (AvgIpc) is 3.35. The lowest BCUT2D eigenvalue weighted by molar-refractivity contribution is -0.105. The molecule has 0 aromatic rings. The van der Waals surface area contributed by atoms with Crippen LogP contribution in [-0.2, 0) is 14.2 Å². The maximum Gasteiger partial charge on any atom is 0.259 e. The monoisotopic (exact) mass is 409 g/mol. The Balaban J connectivity index is 1.39. The van der Waals surface area contributed by atoms with Crippen molar-refractivity contribution >= 4 is 5.71 Å². The Hall–Kier alpha value is -1.65. The Kier molecular flexibility index (Phi) is 5.06. The molecule has 5 rings (SSSR count). The lowest BCUT2D eigenvalue weighted by Gasteiger charge is -2.56. The highest BCUT2D eigenvalue weighted by Crippen LogP contribution is 2.64. The number of fused-ring (bicyclic) bond motifs is 5. The van der Waals surface area contributed by atoms with Crippen molar-refractivity contribution in [3.8, 4) is 0 Å². The van der Waals surface area contributed by atoms with Crippen LogP contribution in [0.5, 0.6) is 0 Å². The van der Waals surface area contributed by atoms with Gasteiger partial charge in [0.25, 0.3) is 6.41 Å². The van der Waals surface area contributed by atoms with E-state index >= 15 is 0 Å². The molecule has 6 atom stereocenters. The average molecular weight is 410 g/mol. The fourth-order valence-corrected chi connectivity index (χ4v) is 7.21. The topological polar surface area (TPSA) is 40.0 Å². The number of ether oxygens (including phenoxy) is 3. The quantitative estimate of drug-likeness (QED) is 0.556. The van der Waals surface area contributed by atoms with Crippen LogP contribution in [0, 0.1) is 28.6 Å². The number of rotatable bonds is 5. The van der Waals surface area contributed by atoms with Crippen molar-refractivity contribution in [2.45, 2.75) is 58.8 Å². The molecule has 1 heterocycles. The summed E-state index contributed by atoms with van der Waals surface area (Å²) >= 11 is 0. The first kappa shape index (κ1) is 20.3. The summed E-state index contributed by atoms with van der Waals surface area (Å²) in [5.74, 6) is 3.36. The first-order valence-corrected chi connectivity index (χ1v) is 11.6. The number of hydrogen-bond acceptors (Lipinski definition) is 4. The van der Waals surface area contributed by atoms with Crippen LogP contribution in [0.1, 0.15) is 52.4 Å². The summed E-state index contributed by atoms with van der Waals surface area (Å²) in [4.78, 5) is 4.77. The molecule has 0 spiro atoms. The normalized spacial score (nSPS) is 42.2. The van der Waals surface area contributed by atoms with Crippen molar-refractivity contribution in [1.29, 1.82) is 0 Å². The molecule has 4 nitrogen and oxygen atoms in total. The van der Waals surface area contributed by atoms with Crippen LogP contribution in [0.15, 0.2) is 52.8 Å². The summed E-state index contributed by atoms with van der Waals surface area (Å²) in [5.41, 5.74) is 4.57. The second-order valence-corrected chi connectivity index (χ2v) is 10.1. The highest BCUT2D eigenvalue weighted by molar-refractivity contribution is 6.03. The van der Waals surface area contributed by atoms with Gasteiger partial charge < -0.3 is 14.2 Å². The van der Waals surface area contributed by atoms with E-state index in [0.29, 0.717) is 24.5 Å². The molecule has 0 aromatic heterocycles. The molecule has 0 saturated heterocycles. The van der Waals surface area contributed by atoms with Crippen LogP contribution in [0.25, 0.3) is 0 Å². The van der Waals surface area contributed by atoms with E-state index in [1.165, 1.54) is 43.3 Å². The molecular weight excluding hydrogens is 374 g/mol. The molecule has 0 amide bonds. The van der Waals surface area contributed by atoms with E-state index in [9.17, 15) is 0 Å². The summed E-state index contributed by atoms with van der Waals surface area (Å²) in [7, 11) is 1.81. The van der Waals surface area contributed by atoms with Crippen LogP contribution in [0.3, 0.4) is 0 Å². The van der Waals surface area contributed by atoms with Crippen molar-refractivity contribution in [1.82, 2.24) is 0 Å². The minimum Gasteiger partial charge on any atom is -0.501 e. The minimum atomic E-state index is -0.471. The minimum absolute atomic E-state index is 0.209. The smallest absolute Gasteiger partial charge is 0.259 e. The summed E-state index contributed by atoms with van der Waals surface area (Å²) in [5, 5.41) is 0. The number of aliphatic imine (C=N–C) groups is 1. The Bertz CT molecular complexity index is 852. The number of hydrogen-bond donors (Lipinski definition) is 0. The van der Waals surface area contributed by atoms with E-state index in [1.807, 2.05) is 0 Å². The van der Waals surface area contributed by atoms with Gasteiger partial charge in [-0.25, -0.2) is 4.99 Å². The van der Waals surface area contributed by atoms with E-state index in [0.717, 1.165) is 29.7 Å². The van der Waals surface area contributed by atoms with Crippen molar-refractivity contribution < 1.29 is 14.2 Å². The molecule has 1 aliphatic heterocycles. The van der Waals surface area contributed by atoms with Gasteiger partial charge >= 0.3 is 0 Å². The van der Waals surface area contributed by atoms with Gasteiger partial charge in [0.1, 0.15) is 0 Å². The van der Waals surface area contributed by atoms with Crippen LogP contribution in [-0.4, -0.2) is 32.4 Å². The summed E-state index contributed by atoms with van der Waals surface area (Å²) in [6.45, 7) is 9.74. The van der Waals surface area contributed by atoms with Gasteiger partial charge in [-0.15, -0.1) is 6.58 Å². The van der Waals surface area contributed by atoms with Crippen LogP contribution in [0.4, 0.5) is 0 Å². The molecule has 5 aliphatic rings. The number of nitrogens with zero attached hydrogens (tertiary/aromatic N) is 1. The van der Waals surface area contributed by atoms with Gasteiger partial charge in [0.2, 0.25) is 0 Å². The van der Waals surface area contributed by atoms with E-state index in [1.54, 1.807) is 13.2 Å². The first-order valence-electron chi connectivity index (χ1n) is 11.6. The van der Waals surface area contributed by atoms with Gasteiger partial charge in [0, 0.05) is 6.42 Å². The van der Waals surface area contributed by atoms with Gasteiger partial charge in [-0.05, 0) is 77.9 Å². The third-order valence-corrected chi connectivity index (χ3v) is 8.87. The zero-order chi connectivity index (χ0) is 20.9. The molecule has 0 aromatic carbocycles. The van der Waals surface area contributed by atoms with Gasteiger partial charge in [-0.1, -0.05) is 32.1 Å². The van der Waals surface area contributed by atoms with E-state index in [4.69, 9.17) is 19.2 Å². The fourth-order valence-electron chi connectivity index (χ4n) is 7.21. The standard InChI is InChI=1S/C26H35NO3/c1-5-14-29-24-27-23(16-30-24)22-9-8-20-19-7-6-17-15-18(28-4)10-12-25(17,2)21(19)11-13-26(20,22)3/h5-6,9,15,19-21,24H,1,7-8,10-14,16H2,2-4H3/t19-,20-,21-,24?,25-,26-/m0/s1. The molecular formula is C26H35NO3. The van der Waals surface area contributed by atoms with Crippen molar-refractivity contribution in [3.63, 3.8) is 0 Å². The molecule has 1 fully saturated rings. The van der Waals surface area contributed by atoms with Crippen molar-refractivity contribution in [2.24, 2.45) is 33.6 Å². The predicted octanol–water partition coefficient (Wildman–Crippen LogP) is 5.58. The van der Waals surface area contributed by atoms with Crippen LogP contribution in [0.2, 0.25) is 0 Å². The molecule has 1 saturated carbocycles. The fraction of sp³-hybridized carbons (Fsp3) is 0.654. The molecule has 1 unspecified atom stereocenters. The van der Waals surface area contributed by atoms with Gasteiger partial charge in [-0.3, -0.25) is 0 Å². The van der Waals surface area contributed by atoms with E-state index in [-0.39, 0.29) is 5.41 Å². The summed E-state index contributed by atoms with van der Waals surface area (Å²) in [6, 6.07) is 0. The molecule has 0 bridgehead atoms. The first-order chi connectivity index (χ1) is 14.5. The Labute approximate surface area is 180 Å². The lowest BCUT2D eigenvalue weighted by Crippen LogP contribution is -2.49. The Morgan fingerprint density at radius 1 is 1.20 bits per heavy atom. The lowest BCUT2D eigenvalue weighted by atomic mass is 9.48. The highest BCUT2D eigenvalue weighted by atomic mass is 16.7. The van der Waals surface area contributed by atoms with Crippen LogP contribution < -0.4 is 0 Å². The van der Waals surface area contributed by atoms with Crippen molar-refractivity contribution in [2.75, 3.05) is 20.3 Å². The van der Waals surface area contributed by atoms with Crippen LogP contribution >= 0.6 is 0 Å². The molecule has 0 N–H and O–H groups in total. The second-order valence-electron chi connectivity index (χ2n) is 10.1. The van der Waals surface area contributed by atoms with Gasteiger partial charge in [0.15, 0.2) is 0 Å². The molecule has 4 aliphatic carbocycles. The predicted molar refractivity (Wildman–Crippen MR) is 119 cm³/mol. The Morgan fingerprint density at radius 2 is 2.07 bits per heavy atom. The SMILES string of the molecule is C=CCOC1N=C(C2=CC[C@H]3[C@@H]4CC=C5C=C(OC)CC[C@]5(C)[C@H]4CC[C@]23C)CO1. The number of allylic oxidation sites excluding steroid dienone is 5. The molecule has 30 heavy (non-hydrogen) atoms. The highest BCUT2D eigenvalue weighted by Gasteiger charge is 2.57. The molecule has 4 heteroatoms. The summed E-state index contributed by atoms with van der Waals surface area (Å²) < 4.78 is 17.0. The maximum absolute atomic E-state index is 5.78. The number of methoxy groups -OCH3 is 1. The third kappa shape index (κ3) is 2.98. The van der Waals surface area contributed by atoms with Crippen molar-refractivity contribution in [3.05, 3.63) is 47.8 Å². The zero-order valence-electron chi connectivity index (χ0n) is 18.7. The second kappa shape index (κ2) is 7.49. The molecule has 162 valence electrons.